The second-order valence-corrected chi connectivity index (χ2v) is 6.53. The first kappa shape index (κ1) is 17.4. The molecule has 6 heteroatoms. The van der Waals surface area contributed by atoms with E-state index in [0.29, 0.717) is 23.7 Å². The Labute approximate surface area is 137 Å². The molecule has 1 aromatic heterocycles. The molecule has 2 atom stereocenters. The van der Waals surface area contributed by atoms with Crippen molar-refractivity contribution in [3.63, 3.8) is 0 Å². The average molecular weight is 318 g/mol. The van der Waals surface area contributed by atoms with E-state index in [0.717, 1.165) is 25.9 Å². The average Bonchev–Trinajstić information content (AvgIpc) is 2.54. The SMILES string of the molecule is CC(CC(=O)c1ccnc(N)c1)C1CCN(C(=O)[C@H](C)N)CC1. The Morgan fingerprint density at radius 2 is 2.00 bits per heavy atom. The molecule has 0 aliphatic carbocycles. The van der Waals surface area contributed by atoms with Gasteiger partial charge in [0.15, 0.2) is 5.78 Å². The van der Waals surface area contributed by atoms with E-state index in [1.54, 1.807) is 25.3 Å². The van der Waals surface area contributed by atoms with Crippen molar-refractivity contribution in [1.82, 2.24) is 9.88 Å². The van der Waals surface area contributed by atoms with Gasteiger partial charge in [-0.25, -0.2) is 4.98 Å². The molecule has 1 unspecified atom stereocenters. The summed E-state index contributed by atoms with van der Waals surface area (Å²) in [6.07, 6.45) is 3.90. The van der Waals surface area contributed by atoms with Crippen molar-refractivity contribution < 1.29 is 9.59 Å². The number of likely N-dealkylation sites (tertiary alicyclic amines) is 1. The van der Waals surface area contributed by atoms with Gasteiger partial charge in [0.1, 0.15) is 5.82 Å². The Balaban J connectivity index is 1.86. The summed E-state index contributed by atoms with van der Waals surface area (Å²) in [7, 11) is 0. The molecule has 23 heavy (non-hydrogen) atoms. The van der Waals surface area contributed by atoms with Crippen LogP contribution in [0.4, 0.5) is 5.82 Å². The molecule has 4 N–H and O–H groups in total. The molecule has 1 aromatic rings. The Hall–Kier alpha value is -1.95. The van der Waals surface area contributed by atoms with E-state index < -0.39 is 6.04 Å². The second-order valence-electron chi connectivity index (χ2n) is 6.53. The topological polar surface area (TPSA) is 102 Å². The number of ketones is 1. The number of amides is 1. The highest BCUT2D eigenvalue weighted by molar-refractivity contribution is 5.96. The van der Waals surface area contributed by atoms with E-state index in [2.05, 4.69) is 11.9 Å². The maximum atomic E-state index is 12.3. The summed E-state index contributed by atoms with van der Waals surface area (Å²) in [6.45, 7) is 5.28. The van der Waals surface area contributed by atoms with Crippen LogP contribution in [0.2, 0.25) is 0 Å². The summed E-state index contributed by atoms with van der Waals surface area (Å²) < 4.78 is 0. The number of rotatable bonds is 5. The van der Waals surface area contributed by atoms with Gasteiger partial charge in [-0.05, 0) is 43.7 Å². The number of hydrogen-bond donors (Lipinski definition) is 2. The van der Waals surface area contributed by atoms with Crippen LogP contribution in [-0.2, 0) is 4.79 Å². The standard InChI is InChI=1S/C17H26N4O2/c1-11(9-15(22)14-3-6-20-16(19)10-14)13-4-7-21(8-5-13)17(23)12(2)18/h3,6,10-13H,4-5,7-9,18H2,1-2H3,(H2,19,20)/t11?,12-/m0/s1. The number of pyridine rings is 1. The number of Topliss-reactive ketones (excluding diaryl/α,β-unsaturated/α-hetero) is 1. The van der Waals surface area contributed by atoms with Gasteiger partial charge in [-0.2, -0.15) is 0 Å². The molecule has 1 fully saturated rings. The first-order chi connectivity index (χ1) is 10.9. The molecule has 126 valence electrons. The highest BCUT2D eigenvalue weighted by Gasteiger charge is 2.28. The van der Waals surface area contributed by atoms with Gasteiger partial charge in [-0.1, -0.05) is 6.92 Å². The molecular formula is C17H26N4O2. The smallest absolute Gasteiger partial charge is 0.239 e. The molecule has 0 bridgehead atoms. The Morgan fingerprint density at radius 1 is 1.35 bits per heavy atom. The number of piperidine rings is 1. The summed E-state index contributed by atoms with van der Waals surface area (Å²) >= 11 is 0. The Bertz CT molecular complexity index is 565. The van der Waals surface area contributed by atoms with E-state index in [1.807, 2.05) is 4.90 Å². The van der Waals surface area contributed by atoms with Gasteiger partial charge in [0, 0.05) is 31.3 Å². The number of nitrogen functional groups attached to an aromatic ring is 1. The number of hydrogen-bond acceptors (Lipinski definition) is 5. The predicted octanol–water partition coefficient (Wildman–Crippen LogP) is 1.46. The van der Waals surface area contributed by atoms with Gasteiger partial charge in [0.05, 0.1) is 6.04 Å². The molecule has 0 aromatic carbocycles. The largest absolute Gasteiger partial charge is 0.384 e. The van der Waals surface area contributed by atoms with Crippen LogP contribution in [0.25, 0.3) is 0 Å². The summed E-state index contributed by atoms with van der Waals surface area (Å²) in [4.78, 5) is 30.0. The first-order valence-corrected chi connectivity index (χ1v) is 8.17. The summed E-state index contributed by atoms with van der Waals surface area (Å²) in [6, 6.07) is 2.89. The van der Waals surface area contributed by atoms with Crippen molar-refractivity contribution in [1.29, 1.82) is 0 Å². The van der Waals surface area contributed by atoms with E-state index in [4.69, 9.17) is 11.5 Å². The van der Waals surface area contributed by atoms with E-state index in [9.17, 15) is 9.59 Å². The van der Waals surface area contributed by atoms with Crippen molar-refractivity contribution in [3.05, 3.63) is 23.9 Å². The zero-order valence-corrected chi connectivity index (χ0v) is 13.9. The molecule has 0 radical (unpaired) electrons. The van der Waals surface area contributed by atoms with Crippen LogP contribution in [0, 0.1) is 11.8 Å². The molecule has 1 aliphatic heterocycles. The molecule has 1 saturated heterocycles. The predicted molar refractivity (Wildman–Crippen MR) is 89.7 cm³/mol. The molecule has 0 saturated carbocycles. The fourth-order valence-corrected chi connectivity index (χ4v) is 3.18. The first-order valence-electron chi connectivity index (χ1n) is 8.17. The molecule has 6 nitrogen and oxygen atoms in total. The molecule has 0 spiro atoms. The van der Waals surface area contributed by atoms with Crippen molar-refractivity contribution in [2.75, 3.05) is 18.8 Å². The number of nitrogens with zero attached hydrogens (tertiary/aromatic N) is 2. The zero-order chi connectivity index (χ0) is 17.0. The third-order valence-electron chi connectivity index (χ3n) is 4.66. The van der Waals surface area contributed by atoms with Crippen molar-refractivity contribution in [2.45, 2.75) is 39.2 Å². The van der Waals surface area contributed by atoms with Crippen LogP contribution in [0.1, 0.15) is 43.5 Å². The summed E-state index contributed by atoms with van der Waals surface area (Å²) in [5.74, 6) is 1.21. The van der Waals surface area contributed by atoms with Gasteiger partial charge in [-0.3, -0.25) is 9.59 Å². The Kier molecular flexibility index (Phi) is 5.71. The lowest BCUT2D eigenvalue weighted by atomic mass is 9.82. The normalized spacial score (nSPS) is 18.5. The lowest BCUT2D eigenvalue weighted by Gasteiger charge is -2.35. The quantitative estimate of drug-likeness (QED) is 0.800. The third-order valence-corrected chi connectivity index (χ3v) is 4.66. The maximum Gasteiger partial charge on any atom is 0.239 e. The fraction of sp³-hybridized carbons (Fsp3) is 0.588. The van der Waals surface area contributed by atoms with Gasteiger partial charge < -0.3 is 16.4 Å². The lowest BCUT2D eigenvalue weighted by Crippen LogP contribution is -2.46. The van der Waals surface area contributed by atoms with Crippen LogP contribution in [0.15, 0.2) is 18.3 Å². The van der Waals surface area contributed by atoms with Crippen LogP contribution in [-0.4, -0.2) is 40.7 Å². The van der Waals surface area contributed by atoms with Crippen LogP contribution >= 0.6 is 0 Å². The van der Waals surface area contributed by atoms with E-state index in [-0.39, 0.29) is 17.6 Å². The Morgan fingerprint density at radius 3 is 2.57 bits per heavy atom. The highest BCUT2D eigenvalue weighted by atomic mass is 16.2. The molecule has 1 aliphatic rings. The van der Waals surface area contributed by atoms with Crippen molar-refractivity contribution >= 4 is 17.5 Å². The third kappa shape index (κ3) is 4.51. The number of aromatic nitrogens is 1. The van der Waals surface area contributed by atoms with Crippen LogP contribution in [0.3, 0.4) is 0 Å². The van der Waals surface area contributed by atoms with Gasteiger partial charge in [-0.15, -0.1) is 0 Å². The lowest BCUT2D eigenvalue weighted by molar-refractivity contribution is -0.133. The molecule has 1 amide bonds. The summed E-state index contributed by atoms with van der Waals surface area (Å²) in [5, 5.41) is 0. The fourth-order valence-electron chi connectivity index (χ4n) is 3.18. The molecule has 2 heterocycles. The number of carbonyl (C=O) groups excluding carboxylic acids is 2. The van der Waals surface area contributed by atoms with Gasteiger partial charge >= 0.3 is 0 Å². The minimum absolute atomic E-state index is 0.0134. The monoisotopic (exact) mass is 318 g/mol. The minimum atomic E-state index is -0.442. The number of carbonyl (C=O) groups is 2. The highest BCUT2D eigenvalue weighted by Crippen LogP contribution is 2.28. The van der Waals surface area contributed by atoms with Crippen LogP contribution < -0.4 is 11.5 Å². The minimum Gasteiger partial charge on any atom is -0.384 e. The molecular weight excluding hydrogens is 292 g/mol. The van der Waals surface area contributed by atoms with Crippen LogP contribution in [0.5, 0.6) is 0 Å². The van der Waals surface area contributed by atoms with Gasteiger partial charge in [0.2, 0.25) is 5.91 Å². The number of anilines is 1. The van der Waals surface area contributed by atoms with Crippen molar-refractivity contribution in [2.24, 2.45) is 17.6 Å². The van der Waals surface area contributed by atoms with E-state index in [1.165, 1.54) is 0 Å². The second kappa shape index (κ2) is 7.55. The van der Waals surface area contributed by atoms with Crippen molar-refractivity contribution in [3.8, 4) is 0 Å². The zero-order valence-electron chi connectivity index (χ0n) is 13.9. The summed E-state index contributed by atoms with van der Waals surface area (Å²) in [5.41, 5.74) is 11.9. The van der Waals surface area contributed by atoms with E-state index >= 15 is 0 Å². The maximum absolute atomic E-state index is 12.3. The number of nitrogens with two attached hydrogens (primary N) is 2. The molecule has 2 rings (SSSR count). The van der Waals surface area contributed by atoms with Gasteiger partial charge in [0.25, 0.3) is 0 Å².